The van der Waals surface area contributed by atoms with Gasteiger partial charge < -0.3 is 9.73 Å². The third kappa shape index (κ3) is 3.14. The van der Waals surface area contributed by atoms with E-state index >= 15 is 0 Å². The van der Waals surface area contributed by atoms with Crippen LogP contribution in [0, 0.1) is 5.41 Å². The van der Waals surface area contributed by atoms with E-state index in [0.29, 0.717) is 6.54 Å². The van der Waals surface area contributed by atoms with Gasteiger partial charge in [0.15, 0.2) is 0 Å². The average molecular weight is 199 g/mol. The van der Waals surface area contributed by atoms with Crippen molar-refractivity contribution in [1.29, 1.82) is 0 Å². The molecule has 1 rings (SSSR count). The molecule has 0 aliphatic rings. The molecule has 80 valence electrons. The molecule has 1 aromatic heterocycles. The zero-order valence-corrected chi connectivity index (χ0v) is 9.01. The van der Waals surface area contributed by atoms with E-state index in [1.807, 2.05) is 32.9 Å². The molecule has 0 saturated heterocycles. The van der Waals surface area contributed by atoms with Crippen LogP contribution in [0.25, 0.3) is 0 Å². The van der Waals surface area contributed by atoms with Gasteiger partial charge >= 0.3 is 0 Å². The van der Waals surface area contributed by atoms with Crippen molar-refractivity contribution in [3.05, 3.63) is 24.2 Å². The third-order valence-electron chi connectivity index (χ3n) is 2.30. The second-order valence-corrected chi connectivity index (χ2v) is 4.53. The molecule has 0 fully saturated rings. The second-order valence-electron chi connectivity index (χ2n) is 4.53. The van der Waals surface area contributed by atoms with Crippen molar-refractivity contribution in [3.8, 4) is 0 Å². The van der Waals surface area contributed by atoms with Gasteiger partial charge in [0, 0.05) is 6.04 Å². The fourth-order valence-corrected chi connectivity index (χ4v) is 1.23. The highest BCUT2D eigenvalue weighted by Crippen LogP contribution is 2.19. The summed E-state index contributed by atoms with van der Waals surface area (Å²) in [7, 11) is 0. The second kappa shape index (κ2) is 4.60. The average Bonchev–Trinajstić information content (AvgIpc) is 2.55. The predicted molar refractivity (Wildman–Crippen MR) is 54.8 cm³/mol. The molecule has 14 heavy (non-hydrogen) atoms. The molecule has 0 spiro atoms. The number of nitrogens with one attached hydrogen (secondary N) is 1. The summed E-state index contributed by atoms with van der Waals surface area (Å²) >= 11 is 0. The smallest absolute Gasteiger partial charge is 0.117 e. The Balaban J connectivity index is 2.43. The van der Waals surface area contributed by atoms with E-state index in [4.69, 9.17) is 4.42 Å². The Morgan fingerprint density at radius 2 is 2.21 bits per heavy atom. The van der Waals surface area contributed by atoms with Crippen LogP contribution in [0.2, 0.25) is 0 Å². The van der Waals surface area contributed by atoms with Crippen molar-refractivity contribution in [2.45, 2.75) is 33.4 Å². The van der Waals surface area contributed by atoms with Gasteiger partial charge in [-0.25, -0.2) is 4.39 Å². The number of hydrogen-bond acceptors (Lipinski definition) is 2. The van der Waals surface area contributed by atoms with E-state index in [9.17, 15) is 4.39 Å². The molecule has 1 aromatic rings. The molecule has 0 aliphatic carbocycles. The molecular weight excluding hydrogens is 181 g/mol. The van der Waals surface area contributed by atoms with Crippen LogP contribution in [0.5, 0.6) is 0 Å². The van der Waals surface area contributed by atoms with Gasteiger partial charge in [0.2, 0.25) is 0 Å². The van der Waals surface area contributed by atoms with Gasteiger partial charge in [0.1, 0.15) is 12.4 Å². The molecule has 0 amide bonds. The molecule has 0 aliphatic heterocycles. The van der Waals surface area contributed by atoms with Crippen LogP contribution in [-0.4, -0.2) is 12.7 Å². The van der Waals surface area contributed by atoms with Gasteiger partial charge in [0.25, 0.3) is 0 Å². The lowest BCUT2D eigenvalue weighted by molar-refractivity contribution is 0.215. The van der Waals surface area contributed by atoms with Crippen molar-refractivity contribution in [2.75, 3.05) is 6.67 Å². The summed E-state index contributed by atoms with van der Waals surface area (Å²) in [5.74, 6) is 0.840. The number of alkyl halides is 1. The summed E-state index contributed by atoms with van der Waals surface area (Å²) in [6, 6.07) is 3.58. The fourth-order valence-electron chi connectivity index (χ4n) is 1.23. The summed E-state index contributed by atoms with van der Waals surface area (Å²) in [5.41, 5.74) is -0.0681. The Morgan fingerprint density at radius 3 is 2.64 bits per heavy atom. The first kappa shape index (κ1) is 11.2. The lowest BCUT2D eigenvalue weighted by Crippen LogP contribution is -2.41. The van der Waals surface area contributed by atoms with Crippen LogP contribution in [0.15, 0.2) is 22.8 Å². The maximum absolute atomic E-state index is 12.7. The number of rotatable bonds is 4. The van der Waals surface area contributed by atoms with Gasteiger partial charge in [-0.2, -0.15) is 0 Å². The summed E-state index contributed by atoms with van der Waals surface area (Å²) in [6.07, 6.45) is 1.62. The van der Waals surface area contributed by atoms with Crippen LogP contribution >= 0.6 is 0 Å². The predicted octanol–water partition coefficient (Wildman–Crippen LogP) is 2.75. The molecule has 0 saturated carbocycles. The lowest BCUT2D eigenvalue weighted by Gasteiger charge is -2.28. The third-order valence-corrected chi connectivity index (χ3v) is 2.30. The Hall–Kier alpha value is -0.830. The summed E-state index contributed by atoms with van der Waals surface area (Å²) in [5, 5.41) is 3.14. The monoisotopic (exact) mass is 199 g/mol. The fraction of sp³-hybridized carbons (Fsp3) is 0.636. The van der Waals surface area contributed by atoms with Crippen LogP contribution in [0.3, 0.4) is 0 Å². The standard InChI is InChI=1S/C11H18FNO/c1-11(2,3)10(7-12)13-8-9-5-4-6-14-9/h4-6,10,13H,7-8H2,1-3H3. The van der Waals surface area contributed by atoms with Crippen LogP contribution in [0.4, 0.5) is 4.39 Å². The summed E-state index contributed by atoms with van der Waals surface area (Å²) in [6.45, 7) is 6.29. The van der Waals surface area contributed by atoms with Gasteiger partial charge in [-0.3, -0.25) is 0 Å². The Labute approximate surface area is 84.5 Å². The van der Waals surface area contributed by atoms with E-state index in [-0.39, 0.29) is 18.1 Å². The van der Waals surface area contributed by atoms with E-state index in [1.54, 1.807) is 6.26 Å². The Kier molecular flexibility index (Phi) is 3.69. The minimum absolute atomic E-state index is 0.0681. The number of halogens is 1. The van der Waals surface area contributed by atoms with E-state index < -0.39 is 0 Å². The maximum Gasteiger partial charge on any atom is 0.117 e. The molecular formula is C11H18FNO. The minimum atomic E-state index is -0.357. The van der Waals surface area contributed by atoms with Crippen molar-refractivity contribution in [3.63, 3.8) is 0 Å². The summed E-state index contributed by atoms with van der Waals surface area (Å²) < 4.78 is 17.8. The van der Waals surface area contributed by atoms with Gasteiger partial charge in [-0.05, 0) is 17.5 Å². The molecule has 1 heterocycles. The number of furan rings is 1. The largest absolute Gasteiger partial charge is 0.468 e. The zero-order valence-electron chi connectivity index (χ0n) is 9.01. The molecule has 1 atom stereocenters. The van der Waals surface area contributed by atoms with Gasteiger partial charge in [0.05, 0.1) is 12.8 Å². The Bertz CT molecular complexity index is 251. The minimum Gasteiger partial charge on any atom is -0.468 e. The number of hydrogen-bond donors (Lipinski definition) is 1. The van der Waals surface area contributed by atoms with Crippen molar-refractivity contribution < 1.29 is 8.81 Å². The highest BCUT2D eigenvalue weighted by atomic mass is 19.1. The first-order valence-electron chi connectivity index (χ1n) is 4.86. The first-order valence-corrected chi connectivity index (χ1v) is 4.86. The van der Waals surface area contributed by atoms with Crippen LogP contribution < -0.4 is 5.32 Å². The van der Waals surface area contributed by atoms with E-state index in [2.05, 4.69) is 5.32 Å². The quantitative estimate of drug-likeness (QED) is 0.806. The van der Waals surface area contributed by atoms with Gasteiger partial charge in [-0.15, -0.1) is 0 Å². The SMILES string of the molecule is CC(C)(C)C(CF)NCc1ccco1. The molecule has 0 radical (unpaired) electrons. The molecule has 3 heteroatoms. The summed E-state index contributed by atoms with van der Waals surface area (Å²) in [4.78, 5) is 0. The van der Waals surface area contributed by atoms with E-state index in [0.717, 1.165) is 5.76 Å². The molecule has 1 unspecified atom stereocenters. The highest BCUT2D eigenvalue weighted by molar-refractivity contribution is 4.98. The zero-order chi connectivity index (χ0) is 10.6. The van der Waals surface area contributed by atoms with E-state index in [1.165, 1.54) is 0 Å². The Morgan fingerprint density at radius 1 is 1.50 bits per heavy atom. The van der Waals surface area contributed by atoms with Gasteiger partial charge in [-0.1, -0.05) is 20.8 Å². The lowest BCUT2D eigenvalue weighted by atomic mass is 9.87. The van der Waals surface area contributed by atoms with Crippen LogP contribution in [-0.2, 0) is 6.54 Å². The van der Waals surface area contributed by atoms with Crippen molar-refractivity contribution >= 4 is 0 Å². The molecule has 1 N–H and O–H groups in total. The normalized spacial score (nSPS) is 14.3. The van der Waals surface area contributed by atoms with Crippen molar-refractivity contribution in [2.24, 2.45) is 5.41 Å². The van der Waals surface area contributed by atoms with Crippen molar-refractivity contribution in [1.82, 2.24) is 5.32 Å². The van der Waals surface area contributed by atoms with Crippen LogP contribution in [0.1, 0.15) is 26.5 Å². The molecule has 0 bridgehead atoms. The topological polar surface area (TPSA) is 25.2 Å². The highest BCUT2D eigenvalue weighted by Gasteiger charge is 2.23. The molecule has 2 nitrogen and oxygen atoms in total. The maximum atomic E-state index is 12.7. The first-order chi connectivity index (χ1) is 6.54. The molecule has 0 aromatic carbocycles.